The second-order valence-electron chi connectivity index (χ2n) is 4.81. The number of hydrogen-bond acceptors (Lipinski definition) is 6. The third-order valence-corrected chi connectivity index (χ3v) is 3.22. The van der Waals surface area contributed by atoms with Crippen molar-refractivity contribution in [1.29, 1.82) is 0 Å². The van der Waals surface area contributed by atoms with E-state index in [2.05, 4.69) is 20.7 Å². The largest absolute Gasteiger partial charge is 0.377 e. The van der Waals surface area contributed by atoms with Gasteiger partial charge in [0.2, 0.25) is 0 Å². The van der Waals surface area contributed by atoms with Gasteiger partial charge >= 0.3 is 0 Å². The summed E-state index contributed by atoms with van der Waals surface area (Å²) in [7, 11) is 1.57. The van der Waals surface area contributed by atoms with E-state index in [0.29, 0.717) is 24.6 Å². The minimum Gasteiger partial charge on any atom is -0.377 e. The van der Waals surface area contributed by atoms with Gasteiger partial charge in [-0.05, 0) is 13.0 Å². The fourth-order valence-electron chi connectivity index (χ4n) is 2.16. The van der Waals surface area contributed by atoms with Gasteiger partial charge in [0.05, 0.1) is 0 Å². The van der Waals surface area contributed by atoms with Gasteiger partial charge in [0, 0.05) is 45.9 Å². The van der Waals surface area contributed by atoms with Crippen molar-refractivity contribution < 1.29 is 14.1 Å². The van der Waals surface area contributed by atoms with Crippen LogP contribution in [0.15, 0.2) is 10.6 Å². The van der Waals surface area contributed by atoms with Crippen LogP contribution < -0.4 is 10.6 Å². The molecule has 0 spiro atoms. The first-order valence-electron chi connectivity index (χ1n) is 6.95. The summed E-state index contributed by atoms with van der Waals surface area (Å²) in [6.07, 6.45) is 0.939. The smallest absolute Gasteiger partial charge is 0.273 e. The molecule has 0 bridgehead atoms. The molecule has 0 aromatic carbocycles. The number of nitrogens with zero attached hydrogens (tertiary/aromatic N) is 2. The second-order valence-corrected chi connectivity index (χ2v) is 4.81. The predicted molar refractivity (Wildman–Crippen MR) is 80.7 cm³/mol. The summed E-state index contributed by atoms with van der Waals surface area (Å²) in [5.74, 6) is 0.356. The van der Waals surface area contributed by atoms with E-state index in [1.165, 1.54) is 0 Å². The van der Waals surface area contributed by atoms with Crippen LogP contribution in [0.2, 0.25) is 0 Å². The fourth-order valence-corrected chi connectivity index (χ4v) is 2.16. The molecule has 7 nitrogen and oxygen atoms in total. The van der Waals surface area contributed by atoms with E-state index < -0.39 is 0 Å². The molecule has 1 aromatic rings. The minimum atomic E-state index is -0.198. The molecule has 1 aromatic heterocycles. The molecule has 120 valence electrons. The Morgan fingerprint density at radius 2 is 2.29 bits per heavy atom. The van der Waals surface area contributed by atoms with Crippen LogP contribution in [-0.4, -0.2) is 62.3 Å². The Kier molecular flexibility index (Phi) is 8.29. The predicted octanol–water partition coefficient (Wildman–Crippen LogP) is 0.268. The highest BCUT2D eigenvalue weighted by Crippen LogP contribution is 2.04. The Hall–Kier alpha value is -1.15. The molecule has 0 saturated carbocycles. The van der Waals surface area contributed by atoms with Crippen molar-refractivity contribution in [2.45, 2.75) is 13.0 Å². The summed E-state index contributed by atoms with van der Waals surface area (Å²) >= 11 is 0. The summed E-state index contributed by atoms with van der Waals surface area (Å²) < 4.78 is 9.89. The molecule has 21 heavy (non-hydrogen) atoms. The maximum atomic E-state index is 11.8. The average Bonchev–Trinajstić information content (AvgIpc) is 2.94. The molecule has 0 atom stereocenters. The summed E-state index contributed by atoms with van der Waals surface area (Å²) in [6.45, 7) is 6.24. The van der Waals surface area contributed by atoms with Crippen LogP contribution in [0.25, 0.3) is 0 Å². The van der Waals surface area contributed by atoms with Crippen LogP contribution in [0.5, 0.6) is 0 Å². The number of piperazine rings is 1. The summed E-state index contributed by atoms with van der Waals surface area (Å²) in [4.78, 5) is 14.2. The van der Waals surface area contributed by atoms with Crippen LogP contribution in [0.3, 0.4) is 0 Å². The van der Waals surface area contributed by atoms with E-state index in [1.54, 1.807) is 13.2 Å². The quantitative estimate of drug-likeness (QED) is 0.703. The summed E-state index contributed by atoms with van der Waals surface area (Å²) in [5.41, 5.74) is 0.305. The number of carbonyl (C=O) groups excluding carboxylic acids is 1. The van der Waals surface area contributed by atoms with Gasteiger partial charge in [0.15, 0.2) is 11.5 Å². The highest BCUT2D eigenvalue weighted by atomic mass is 35.5. The standard InChI is InChI=1S/C13H22N4O3.ClH/c1-19-10-11-9-12(16-20-11)13(18)15-3-2-6-17-7-4-14-5-8-17;/h9,14H,2-8,10H2,1H3,(H,15,18);1H. The lowest BCUT2D eigenvalue weighted by Crippen LogP contribution is -2.44. The van der Waals surface area contributed by atoms with E-state index in [4.69, 9.17) is 9.26 Å². The Morgan fingerprint density at radius 3 is 3.00 bits per heavy atom. The van der Waals surface area contributed by atoms with Gasteiger partial charge in [-0.3, -0.25) is 4.79 Å². The Balaban J connectivity index is 0.00000220. The van der Waals surface area contributed by atoms with Gasteiger partial charge in [-0.15, -0.1) is 12.4 Å². The van der Waals surface area contributed by atoms with Crippen molar-refractivity contribution in [1.82, 2.24) is 20.7 Å². The summed E-state index contributed by atoms with van der Waals surface area (Å²) in [5, 5.41) is 9.88. The highest BCUT2D eigenvalue weighted by Gasteiger charge is 2.12. The Labute approximate surface area is 130 Å². The van der Waals surface area contributed by atoms with E-state index >= 15 is 0 Å². The summed E-state index contributed by atoms with van der Waals surface area (Å²) in [6, 6.07) is 1.61. The lowest BCUT2D eigenvalue weighted by molar-refractivity contribution is 0.0941. The Morgan fingerprint density at radius 1 is 1.52 bits per heavy atom. The molecule has 1 amide bonds. The third-order valence-electron chi connectivity index (χ3n) is 3.22. The number of halogens is 1. The molecular formula is C13H23ClN4O3. The zero-order valence-electron chi connectivity index (χ0n) is 12.3. The fraction of sp³-hybridized carbons (Fsp3) is 0.692. The van der Waals surface area contributed by atoms with Gasteiger partial charge in [-0.2, -0.15) is 0 Å². The number of amides is 1. The molecule has 1 fully saturated rings. The van der Waals surface area contributed by atoms with Crippen molar-refractivity contribution in [3.8, 4) is 0 Å². The first-order chi connectivity index (χ1) is 9.79. The molecule has 2 rings (SSSR count). The Bertz CT molecular complexity index is 421. The van der Waals surface area contributed by atoms with Gasteiger partial charge in [-0.1, -0.05) is 5.16 Å². The molecule has 0 unspecified atom stereocenters. The van der Waals surface area contributed by atoms with Gasteiger partial charge in [0.1, 0.15) is 6.61 Å². The van der Waals surface area contributed by atoms with Crippen LogP contribution in [0.4, 0.5) is 0 Å². The van der Waals surface area contributed by atoms with Gasteiger partial charge in [-0.25, -0.2) is 0 Å². The average molecular weight is 319 g/mol. The maximum absolute atomic E-state index is 11.8. The molecule has 2 N–H and O–H groups in total. The number of methoxy groups -OCH3 is 1. The number of nitrogens with one attached hydrogen (secondary N) is 2. The molecule has 1 saturated heterocycles. The molecule has 2 heterocycles. The number of carbonyl (C=O) groups is 1. The van der Waals surface area contributed by atoms with Crippen molar-refractivity contribution in [2.75, 3.05) is 46.4 Å². The molecular weight excluding hydrogens is 296 g/mol. The number of hydrogen-bond donors (Lipinski definition) is 2. The molecule has 0 radical (unpaired) electrons. The minimum absolute atomic E-state index is 0. The van der Waals surface area contributed by atoms with Crippen molar-refractivity contribution in [3.63, 3.8) is 0 Å². The molecule has 8 heteroatoms. The van der Waals surface area contributed by atoms with Crippen LogP contribution in [0, 0.1) is 0 Å². The normalized spacial score (nSPS) is 15.5. The van der Waals surface area contributed by atoms with E-state index in [0.717, 1.165) is 39.1 Å². The molecule has 1 aliphatic heterocycles. The lowest BCUT2D eigenvalue weighted by Gasteiger charge is -2.26. The zero-order valence-corrected chi connectivity index (χ0v) is 13.1. The first kappa shape index (κ1) is 17.9. The maximum Gasteiger partial charge on any atom is 0.273 e. The van der Waals surface area contributed by atoms with Crippen molar-refractivity contribution in [3.05, 3.63) is 17.5 Å². The SMILES string of the molecule is COCc1cc(C(=O)NCCCN2CCNCC2)no1.Cl. The van der Waals surface area contributed by atoms with Crippen molar-refractivity contribution >= 4 is 18.3 Å². The highest BCUT2D eigenvalue weighted by molar-refractivity contribution is 5.92. The van der Waals surface area contributed by atoms with Crippen LogP contribution in [0.1, 0.15) is 22.7 Å². The molecule has 1 aliphatic rings. The third kappa shape index (κ3) is 6.01. The van der Waals surface area contributed by atoms with Gasteiger partial charge < -0.3 is 24.8 Å². The van der Waals surface area contributed by atoms with Crippen LogP contribution >= 0.6 is 12.4 Å². The van der Waals surface area contributed by atoms with E-state index in [9.17, 15) is 4.79 Å². The topological polar surface area (TPSA) is 79.6 Å². The number of ether oxygens (including phenoxy) is 1. The zero-order chi connectivity index (χ0) is 14.2. The van der Waals surface area contributed by atoms with E-state index in [-0.39, 0.29) is 18.3 Å². The van der Waals surface area contributed by atoms with Gasteiger partial charge in [0.25, 0.3) is 5.91 Å². The number of rotatable bonds is 7. The molecule has 0 aliphatic carbocycles. The lowest BCUT2D eigenvalue weighted by atomic mass is 10.3. The van der Waals surface area contributed by atoms with Crippen LogP contribution in [-0.2, 0) is 11.3 Å². The van der Waals surface area contributed by atoms with Crippen molar-refractivity contribution in [2.24, 2.45) is 0 Å². The van der Waals surface area contributed by atoms with E-state index in [1.807, 2.05) is 0 Å². The second kappa shape index (κ2) is 9.73. The number of aromatic nitrogens is 1. The monoisotopic (exact) mass is 318 g/mol. The first-order valence-corrected chi connectivity index (χ1v) is 6.95.